The molecule has 8 heavy (non-hydrogen) atoms. The van der Waals surface area contributed by atoms with Gasteiger partial charge < -0.3 is 5.11 Å². The first-order chi connectivity index (χ1) is 3.15. The van der Waals surface area contributed by atoms with Crippen molar-refractivity contribution in [2.45, 2.75) is 6.92 Å². The minimum atomic E-state index is -0.833. The van der Waals surface area contributed by atoms with Crippen molar-refractivity contribution in [1.82, 2.24) is 0 Å². The minimum Gasteiger partial charge on any atom is -0.481 e. The molecule has 0 saturated carbocycles. The Morgan fingerprint density at radius 1 is 1.88 bits per heavy atom. The van der Waals surface area contributed by atoms with E-state index in [1.54, 1.807) is 0 Å². The van der Waals surface area contributed by atoms with Gasteiger partial charge in [0.25, 0.3) is 5.97 Å². The van der Waals surface area contributed by atoms with Crippen LogP contribution in [0.2, 0.25) is 0 Å². The fraction of sp³-hybridized carbons (Fsp3) is 0.200. The van der Waals surface area contributed by atoms with Gasteiger partial charge in [0.05, 0.1) is 0 Å². The largest absolute Gasteiger partial charge is 0.481 e. The fourth-order valence-electron chi connectivity index (χ4n) is 0. The molecule has 0 saturated heterocycles. The van der Waals surface area contributed by atoms with Crippen molar-refractivity contribution in [1.29, 1.82) is 0 Å². The summed E-state index contributed by atoms with van der Waals surface area (Å²) in [5.41, 5.74) is 0. The molecule has 0 spiro atoms. The Morgan fingerprint density at radius 3 is 1.88 bits per heavy atom. The van der Waals surface area contributed by atoms with Gasteiger partial charge in [-0.25, -0.2) is 19.6 Å². The van der Waals surface area contributed by atoms with Crippen molar-refractivity contribution in [3.8, 4) is 0 Å². The number of rotatable bonds is 0. The van der Waals surface area contributed by atoms with Crippen LogP contribution in [0.25, 0.3) is 0 Å². The monoisotopic (exact) mass is 159 g/mol. The zero-order valence-electron chi connectivity index (χ0n) is 4.66. The van der Waals surface area contributed by atoms with Gasteiger partial charge >= 0.3 is 0 Å². The smallest absolute Gasteiger partial charge is 0.300 e. The SMILES string of the molecule is C=C[CH2-].CC(=O)O.[Ni]. The molecule has 2 nitrogen and oxygen atoms in total. The van der Waals surface area contributed by atoms with Gasteiger partial charge in [0.1, 0.15) is 0 Å². The summed E-state index contributed by atoms with van der Waals surface area (Å²) in [7, 11) is 0. The molecule has 0 amide bonds. The Labute approximate surface area is 59.5 Å². The first-order valence-corrected chi connectivity index (χ1v) is 1.74. The standard InChI is InChI=1S/C3H5.C2H4O2.Ni/c1-3-2;1-2(3)4;/h3H,1-2H2;1H3,(H,3,4);/q-1;;. The predicted molar refractivity (Wildman–Crippen MR) is 28.9 cm³/mol. The van der Waals surface area contributed by atoms with Crippen LogP contribution in [-0.4, -0.2) is 11.1 Å². The van der Waals surface area contributed by atoms with Crippen LogP contribution in [0.1, 0.15) is 6.92 Å². The molecular weight excluding hydrogens is 151 g/mol. The fourth-order valence-corrected chi connectivity index (χ4v) is 0. The Balaban J connectivity index is -0.0000000575. The quantitative estimate of drug-likeness (QED) is 0.425. The molecule has 0 aliphatic rings. The van der Waals surface area contributed by atoms with E-state index in [1.807, 2.05) is 0 Å². The second-order valence-corrected chi connectivity index (χ2v) is 0.808. The molecule has 0 rings (SSSR count). The summed E-state index contributed by atoms with van der Waals surface area (Å²) >= 11 is 0. The van der Waals surface area contributed by atoms with Crippen molar-refractivity contribution < 1.29 is 26.4 Å². The average molecular weight is 160 g/mol. The second-order valence-electron chi connectivity index (χ2n) is 0.808. The molecule has 3 heteroatoms. The van der Waals surface area contributed by atoms with Crippen molar-refractivity contribution in [2.75, 3.05) is 0 Å². The van der Waals surface area contributed by atoms with E-state index in [-0.39, 0.29) is 16.5 Å². The third-order valence-corrected chi connectivity index (χ3v) is 0. The molecule has 0 fully saturated rings. The van der Waals surface area contributed by atoms with Gasteiger partial charge in [0.2, 0.25) is 0 Å². The number of carbonyl (C=O) groups is 1. The summed E-state index contributed by atoms with van der Waals surface area (Å²) in [6.45, 7) is 7.58. The van der Waals surface area contributed by atoms with Crippen LogP contribution < -0.4 is 0 Å². The maximum atomic E-state index is 9.00. The molecule has 1 N–H and O–H groups in total. The Hall–Kier alpha value is -0.426. The molecule has 0 radical (unpaired) electrons. The van der Waals surface area contributed by atoms with Gasteiger partial charge in [0, 0.05) is 23.4 Å². The Bertz CT molecular complexity index is 57.4. The topological polar surface area (TPSA) is 37.3 Å². The van der Waals surface area contributed by atoms with Crippen LogP contribution in [0.4, 0.5) is 0 Å². The summed E-state index contributed by atoms with van der Waals surface area (Å²) in [4.78, 5) is 9.00. The predicted octanol–water partition coefficient (Wildman–Crippen LogP) is 1.09. The molecular formula is C5H9NiO2-. The molecule has 0 heterocycles. The number of hydrogen-bond acceptors (Lipinski definition) is 1. The van der Waals surface area contributed by atoms with Crippen molar-refractivity contribution in [2.24, 2.45) is 0 Å². The number of hydrogen-bond donors (Lipinski definition) is 1. The van der Waals surface area contributed by atoms with E-state index in [2.05, 4.69) is 13.5 Å². The Kier molecular flexibility index (Phi) is 31.3. The number of carboxylic acids is 1. The van der Waals surface area contributed by atoms with E-state index < -0.39 is 5.97 Å². The van der Waals surface area contributed by atoms with E-state index in [1.165, 1.54) is 6.08 Å². The van der Waals surface area contributed by atoms with E-state index in [9.17, 15) is 0 Å². The molecule has 0 aliphatic heterocycles. The van der Waals surface area contributed by atoms with Crippen LogP contribution in [-0.2, 0) is 21.3 Å². The van der Waals surface area contributed by atoms with Crippen LogP contribution in [0.15, 0.2) is 12.7 Å². The summed E-state index contributed by atoms with van der Waals surface area (Å²) in [6, 6.07) is 0. The summed E-state index contributed by atoms with van der Waals surface area (Å²) in [6.07, 6.45) is 1.50. The third kappa shape index (κ3) is 641. The average Bonchev–Trinajstić information content (AvgIpc) is 1.33. The molecule has 0 aromatic heterocycles. The molecule has 0 aromatic carbocycles. The van der Waals surface area contributed by atoms with Gasteiger partial charge in [0.15, 0.2) is 0 Å². The first-order valence-electron chi connectivity index (χ1n) is 1.74. The third-order valence-electron chi connectivity index (χ3n) is 0. The van der Waals surface area contributed by atoms with E-state index in [4.69, 9.17) is 9.90 Å². The van der Waals surface area contributed by atoms with Gasteiger partial charge in [-0.3, -0.25) is 4.79 Å². The van der Waals surface area contributed by atoms with Crippen LogP contribution in [0.3, 0.4) is 0 Å². The van der Waals surface area contributed by atoms with E-state index in [0.717, 1.165) is 6.92 Å². The van der Waals surface area contributed by atoms with Gasteiger partial charge in [-0.15, -0.1) is 0 Å². The maximum Gasteiger partial charge on any atom is 0.300 e. The molecule has 52 valence electrons. The number of aliphatic carboxylic acids is 1. The van der Waals surface area contributed by atoms with Gasteiger partial charge in [-0.2, -0.15) is 0 Å². The minimum absolute atomic E-state index is 0. The molecule has 0 aliphatic carbocycles. The van der Waals surface area contributed by atoms with Crippen molar-refractivity contribution in [3.63, 3.8) is 0 Å². The van der Waals surface area contributed by atoms with Crippen LogP contribution in [0.5, 0.6) is 0 Å². The first kappa shape index (κ1) is 15.6. The van der Waals surface area contributed by atoms with Crippen molar-refractivity contribution in [3.05, 3.63) is 19.6 Å². The molecule has 0 aromatic rings. The van der Waals surface area contributed by atoms with Crippen LogP contribution in [0, 0.1) is 6.92 Å². The molecule has 0 bridgehead atoms. The normalized spacial score (nSPS) is 4.62. The van der Waals surface area contributed by atoms with Gasteiger partial charge in [-0.1, -0.05) is 0 Å². The zero-order valence-corrected chi connectivity index (χ0v) is 5.65. The maximum absolute atomic E-state index is 9.00. The summed E-state index contributed by atoms with van der Waals surface area (Å²) in [5, 5.41) is 7.42. The Morgan fingerprint density at radius 2 is 1.88 bits per heavy atom. The number of allylic oxidation sites excluding steroid dienone is 1. The second kappa shape index (κ2) is 16.0. The summed E-state index contributed by atoms with van der Waals surface area (Å²) < 4.78 is 0. The summed E-state index contributed by atoms with van der Waals surface area (Å²) in [5.74, 6) is -0.833. The van der Waals surface area contributed by atoms with Crippen molar-refractivity contribution >= 4 is 5.97 Å². The molecule has 0 atom stereocenters. The van der Waals surface area contributed by atoms with E-state index in [0.29, 0.717) is 0 Å². The number of carboxylic acid groups (broad SMARTS) is 1. The van der Waals surface area contributed by atoms with Crippen LogP contribution >= 0.6 is 0 Å². The molecule has 0 unspecified atom stereocenters. The zero-order chi connectivity index (χ0) is 6.28. The van der Waals surface area contributed by atoms with E-state index >= 15 is 0 Å². The van der Waals surface area contributed by atoms with Gasteiger partial charge in [-0.05, 0) is 0 Å².